The zero-order valence-electron chi connectivity index (χ0n) is 17.0. The van der Waals surface area contributed by atoms with Gasteiger partial charge in [0.05, 0.1) is 6.54 Å². The second-order valence-electron chi connectivity index (χ2n) is 7.37. The number of imide groups is 1. The van der Waals surface area contributed by atoms with Crippen LogP contribution in [0, 0.1) is 11.6 Å². The molecule has 2 N–H and O–H groups in total. The van der Waals surface area contributed by atoms with Gasteiger partial charge in [0.15, 0.2) is 17.4 Å². The number of anilines is 1. The van der Waals surface area contributed by atoms with Crippen molar-refractivity contribution in [2.75, 3.05) is 11.9 Å². The Balaban J connectivity index is 1.73. The summed E-state index contributed by atoms with van der Waals surface area (Å²) in [5.74, 6) is -3.62. The number of nitrogens with one attached hydrogen (secondary N) is 2. The van der Waals surface area contributed by atoms with E-state index in [1.54, 1.807) is 12.1 Å². The molecule has 0 radical (unpaired) electrons. The number of hydrogen-bond donors (Lipinski definition) is 2. The van der Waals surface area contributed by atoms with Crippen LogP contribution in [-0.4, -0.2) is 35.1 Å². The van der Waals surface area contributed by atoms with Crippen molar-refractivity contribution >= 4 is 29.3 Å². The van der Waals surface area contributed by atoms with E-state index in [9.17, 15) is 28.0 Å². The van der Waals surface area contributed by atoms with Gasteiger partial charge in [-0.25, -0.2) is 13.6 Å². The van der Waals surface area contributed by atoms with Gasteiger partial charge in [-0.1, -0.05) is 13.0 Å². The van der Waals surface area contributed by atoms with Crippen LogP contribution < -0.4 is 10.6 Å². The molecule has 1 aliphatic heterocycles. The molecule has 9 heteroatoms. The van der Waals surface area contributed by atoms with Crippen molar-refractivity contribution in [3.63, 3.8) is 0 Å². The molecule has 1 saturated heterocycles. The molecular formula is C22H21F2N3O4. The van der Waals surface area contributed by atoms with E-state index in [0.717, 1.165) is 17.0 Å². The molecular weight excluding hydrogens is 408 g/mol. The maximum atomic E-state index is 13.6. The Morgan fingerprint density at radius 2 is 1.74 bits per heavy atom. The van der Waals surface area contributed by atoms with Crippen LogP contribution in [0.15, 0.2) is 42.5 Å². The fraction of sp³-hybridized carbons (Fsp3) is 0.273. The zero-order chi connectivity index (χ0) is 22.8. The molecule has 0 aromatic heterocycles. The number of hydrogen-bond acceptors (Lipinski definition) is 4. The van der Waals surface area contributed by atoms with Gasteiger partial charge >= 0.3 is 6.03 Å². The summed E-state index contributed by atoms with van der Waals surface area (Å²) in [7, 11) is 0. The van der Waals surface area contributed by atoms with Crippen LogP contribution in [0.2, 0.25) is 0 Å². The molecule has 0 aliphatic carbocycles. The van der Waals surface area contributed by atoms with E-state index < -0.39 is 41.4 Å². The Bertz CT molecular complexity index is 1060. The first-order chi connectivity index (χ1) is 14.7. The number of urea groups is 1. The van der Waals surface area contributed by atoms with Crippen LogP contribution in [0.5, 0.6) is 0 Å². The Labute approximate surface area is 177 Å². The van der Waals surface area contributed by atoms with Crippen molar-refractivity contribution in [3.05, 3.63) is 65.2 Å². The molecule has 0 spiro atoms. The fourth-order valence-electron chi connectivity index (χ4n) is 3.27. The lowest BCUT2D eigenvalue weighted by atomic mass is 9.92. The molecule has 0 saturated carbocycles. The number of carbonyl (C=O) groups is 4. The van der Waals surface area contributed by atoms with Crippen LogP contribution >= 0.6 is 0 Å². The molecule has 2 aromatic rings. The normalized spacial score (nSPS) is 18.1. The Kier molecular flexibility index (Phi) is 6.14. The number of nitrogens with zero attached hydrogens (tertiary/aromatic N) is 1. The van der Waals surface area contributed by atoms with Crippen molar-refractivity contribution in [2.45, 2.75) is 32.2 Å². The van der Waals surface area contributed by atoms with Crippen molar-refractivity contribution in [1.29, 1.82) is 0 Å². The minimum atomic E-state index is -1.63. The quantitative estimate of drug-likeness (QED) is 0.521. The third kappa shape index (κ3) is 4.45. The Morgan fingerprint density at radius 1 is 1.06 bits per heavy atom. The Hall–Kier alpha value is -3.62. The number of ketones is 1. The minimum absolute atomic E-state index is 0.0619. The molecule has 0 bridgehead atoms. The van der Waals surface area contributed by atoms with E-state index in [2.05, 4.69) is 10.6 Å². The molecule has 1 aliphatic rings. The summed E-state index contributed by atoms with van der Waals surface area (Å²) in [6.45, 7) is 2.72. The third-order valence-corrected chi connectivity index (χ3v) is 5.04. The average Bonchev–Trinajstić information content (AvgIpc) is 2.94. The largest absolute Gasteiger partial charge is 0.326 e. The van der Waals surface area contributed by atoms with E-state index in [1.165, 1.54) is 25.1 Å². The smallest absolute Gasteiger partial charge is 0.325 e. The SMILES string of the molecule is CCCC(=O)Nc1ccc(C(=O)CN2C(=O)NC(C)(c3ccc(F)c(F)c3)C2=O)cc1. The second-order valence-corrected chi connectivity index (χ2v) is 7.37. The van der Waals surface area contributed by atoms with E-state index in [1.807, 2.05) is 6.92 Å². The topological polar surface area (TPSA) is 95.6 Å². The highest BCUT2D eigenvalue weighted by Crippen LogP contribution is 2.30. The number of halogens is 2. The summed E-state index contributed by atoms with van der Waals surface area (Å²) < 4.78 is 26.8. The van der Waals surface area contributed by atoms with Crippen molar-refractivity contribution in [1.82, 2.24) is 10.2 Å². The van der Waals surface area contributed by atoms with Gasteiger partial charge in [0.2, 0.25) is 5.91 Å². The van der Waals surface area contributed by atoms with Gasteiger partial charge in [-0.3, -0.25) is 19.3 Å². The van der Waals surface area contributed by atoms with Gasteiger partial charge < -0.3 is 10.6 Å². The number of benzene rings is 2. The standard InChI is InChI=1S/C22H21F2N3O4/c1-3-4-19(29)25-15-8-5-13(6-9-15)18(28)12-27-20(30)22(2,26-21(27)31)14-7-10-16(23)17(24)11-14/h5-11H,3-4,12H2,1-2H3,(H,25,29)(H,26,31). The van der Waals surface area contributed by atoms with Gasteiger partial charge in [-0.05, 0) is 55.3 Å². The zero-order valence-corrected chi connectivity index (χ0v) is 17.0. The molecule has 7 nitrogen and oxygen atoms in total. The maximum Gasteiger partial charge on any atom is 0.325 e. The number of rotatable bonds is 7. The first-order valence-corrected chi connectivity index (χ1v) is 9.68. The summed E-state index contributed by atoms with van der Waals surface area (Å²) in [6, 6.07) is 8.17. The minimum Gasteiger partial charge on any atom is -0.326 e. The van der Waals surface area contributed by atoms with E-state index in [0.29, 0.717) is 18.5 Å². The first-order valence-electron chi connectivity index (χ1n) is 9.68. The second kappa shape index (κ2) is 8.63. The molecule has 31 heavy (non-hydrogen) atoms. The molecule has 2 aromatic carbocycles. The monoisotopic (exact) mass is 429 g/mol. The van der Waals surface area contributed by atoms with Gasteiger partial charge in [0, 0.05) is 17.7 Å². The van der Waals surface area contributed by atoms with Crippen molar-refractivity contribution in [3.8, 4) is 0 Å². The number of Topliss-reactive ketones (excluding diaryl/α,β-unsaturated/α-hetero) is 1. The molecule has 162 valence electrons. The number of amides is 4. The highest BCUT2D eigenvalue weighted by molar-refractivity contribution is 6.11. The average molecular weight is 429 g/mol. The van der Waals surface area contributed by atoms with Crippen molar-refractivity contribution < 1.29 is 28.0 Å². The lowest BCUT2D eigenvalue weighted by Gasteiger charge is -2.22. The molecule has 1 fully saturated rings. The molecule has 1 atom stereocenters. The van der Waals surface area contributed by atoms with Gasteiger partial charge in [0.1, 0.15) is 5.54 Å². The van der Waals surface area contributed by atoms with E-state index in [4.69, 9.17) is 0 Å². The predicted octanol–water partition coefficient (Wildman–Crippen LogP) is 3.35. The highest BCUT2D eigenvalue weighted by atomic mass is 19.2. The fourth-order valence-corrected chi connectivity index (χ4v) is 3.27. The summed E-state index contributed by atoms with van der Waals surface area (Å²) in [6.07, 6.45) is 1.08. The van der Waals surface area contributed by atoms with Gasteiger partial charge in [-0.15, -0.1) is 0 Å². The third-order valence-electron chi connectivity index (χ3n) is 5.04. The lowest BCUT2D eigenvalue weighted by molar-refractivity contribution is -0.130. The highest BCUT2D eigenvalue weighted by Gasteiger charge is 2.49. The lowest BCUT2D eigenvalue weighted by Crippen LogP contribution is -2.41. The van der Waals surface area contributed by atoms with Crippen LogP contribution in [-0.2, 0) is 15.1 Å². The summed E-state index contributed by atoms with van der Waals surface area (Å²) in [5.41, 5.74) is -0.794. The van der Waals surface area contributed by atoms with Crippen LogP contribution in [0.3, 0.4) is 0 Å². The van der Waals surface area contributed by atoms with E-state index in [-0.39, 0.29) is 17.0 Å². The van der Waals surface area contributed by atoms with Crippen LogP contribution in [0.1, 0.15) is 42.6 Å². The molecule has 3 rings (SSSR count). The van der Waals surface area contributed by atoms with Crippen LogP contribution in [0.4, 0.5) is 19.3 Å². The van der Waals surface area contributed by atoms with Gasteiger partial charge in [-0.2, -0.15) is 0 Å². The molecule has 4 amide bonds. The molecule has 1 unspecified atom stereocenters. The summed E-state index contributed by atoms with van der Waals surface area (Å²) >= 11 is 0. The van der Waals surface area contributed by atoms with Gasteiger partial charge in [0.25, 0.3) is 5.91 Å². The molecule has 1 heterocycles. The number of carbonyl (C=O) groups excluding carboxylic acids is 4. The van der Waals surface area contributed by atoms with Crippen molar-refractivity contribution in [2.24, 2.45) is 0 Å². The summed E-state index contributed by atoms with van der Waals surface area (Å²) in [5, 5.41) is 5.14. The predicted molar refractivity (Wildman–Crippen MR) is 108 cm³/mol. The van der Waals surface area contributed by atoms with Crippen LogP contribution in [0.25, 0.3) is 0 Å². The Morgan fingerprint density at radius 3 is 2.35 bits per heavy atom. The first kappa shape index (κ1) is 22.1. The van der Waals surface area contributed by atoms with E-state index >= 15 is 0 Å². The maximum absolute atomic E-state index is 13.6. The summed E-state index contributed by atoms with van der Waals surface area (Å²) in [4.78, 5) is 50.2.